The molecule has 0 bridgehead atoms. The summed E-state index contributed by atoms with van der Waals surface area (Å²) in [4.78, 5) is 17.3. The van der Waals surface area contributed by atoms with Crippen molar-refractivity contribution < 1.29 is 0 Å². The predicted molar refractivity (Wildman–Crippen MR) is 90.4 cm³/mol. The molecule has 0 unspecified atom stereocenters. The molecule has 0 amide bonds. The number of rotatable bonds is 4. The zero-order chi connectivity index (χ0) is 15.5. The van der Waals surface area contributed by atoms with Crippen LogP contribution in [0.15, 0.2) is 51.7 Å². The molecular weight excluding hydrogens is 314 g/mol. The Morgan fingerprint density at radius 1 is 1.36 bits per heavy atom. The lowest BCUT2D eigenvalue weighted by atomic mass is 10.2. The van der Waals surface area contributed by atoms with Gasteiger partial charge in [-0.3, -0.25) is 9.36 Å². The molecule has 0 saturated heterocycles. The lowest BCUT2D eigenvalue weighted by Crippen LogP contribution is -2.23. The molecule has 0 radical (unpaired) electrons. The third kappa shape index (κ3) is 2.91. The molecule has 0 saturated carbocycles. The van der Waals surface area contributed by atoms with Crippen LogP contribution in [0.2, 0.25) is 0 Å². The second kappa shape index (κ2) is 6.34. The Kier molecular flexibility index (Phi) is 4.27. The molecule has 2 heterocycles. The number of fused-ring (bicyclic) bond motifs is 1. The number of benzene rings is 1. The number of thioether (sulfide) groups is 1. The van der Waals surface area contributed by atoms with Gasteiger partial charge in [0.25, 0.3) is 5.56 Å². The lowest BCUT2D eigenvalue weighted by molar-refractivity contribution is 0.659. The van der Waals surface area contributed by atoms with Crippen LogP contribution in [0, 0.1) is 11.3 Å². The van der Waals surface area contributed by atoms with Gasteiger partial charge in [0.2, 0.25) is 0 Å². The molecule has 3 rings (SSSR count). The molecule has 1 aromatic carbocycles. The highest BCUT2D eigenvalue weighted by Gasteiger charge is 2.15. The largest absolute Gasteiger partial charge is 0.282 e. The summed E-state index contributed by atoms with van der Waals surface area (Å²) in [6, 6.07) is 13.8. The van der Waals surface area contributed by atoms with E-state index in [1.54, 1.807) is 4.57 Å². The third-order valence-corrected chi connectivity index (χ3v) is 5.05. The van der Waals surface area contributed by atoms with Crippen LogP contribution in [0.1, 0.15) is 12.5 Å². The monoisotopic (exact) mass is 327 g/mol. The molecule has 110 valence electrons. The molecule has 6 heteroatoms. The van der Waals surface area contributed by atoms with Crippen molar-refractivity contribution in [3.63, 3.8) is 0 Å². The fraction of sp³-hybridized carbons (Fsp3) is 0.188. The Labute approximate surface area is 136 Å². The van der Waals surface area contributed by atoms with Crippen LogP contribution in [0.3, 0.4) is 0 Å². The highest BCUT2D eigenvalue weighted by Crippen LogP contribution is 2.24. The highest BCUT2D eigenvalue weighted by molar-refractivity contribution is 8.00. The van der Waals surface area contributed by atoms with Crippen molar-refractivity contribution in [2.45, 2.75) is 23.9 Å². The summed E-state index contributed by atoms with van der Waals surface area (Å²) in [6.07, 6.45) is 0. The van der Waals surface area contributed by atoms with Crippen molar-refractivity contribution in [1.29, 1.82) is 5.26 Å². The summed E-state index contributed by atoms with van der Waals surface area (Å²) in [6.45, 7) is 2.27. The number of nitriles is 1. The quantitative estimate of drug-likeness (QED) is 0.543. The van der Waals surface area contributed by atoms with Crippen molar-refractivity contribution >= 4 is 33.3 Å². The van der Waals surface area contributed by atoms with E-state index in [0.29, 0.717) is 21.9 Å². The molecule has 2 aromatic heterocycles. The standard InChI is InChI=1S/C16H13N3OS2/c1-11(9-17)22-16-18-13-7-8-21-14(13)15(20)19(16)10-12-5-3-2-4-6-12/h2-8,11H,10H2,1H3/t11-/m0/s1. The number of nitrogens with zero attached hydrogens (tertiary/aromatic N) is 3. The fourth-order valence-corrected chi connectivity index (χ4v) is 3.68. The van der Waals surface area contributed by atoms with Crippen LogP contribution in [-0.2, 0) is 6.54 Å². The van der Waals surface area contributed by atoms with Gasteiger partial charge in [-0.1, -0.05) is 42.1 Å². The van der Waals surface area contributed by atoms with Crippen LogP contribution in [0.5, 0.6) is 0 Å². The molecule has 0 aliphatic heterocycles. The van der Waals surface area contributed by atoms with E-state index >= 15 is 0 Å². The maximum absolute atomic E-state index is 12.7. The Morgan fingerprint density at radius 3 is 2.86 bits per heavy atom. The van der Waals surface area contributed by atoms with Gasteiger partial charge < -0.3 is 0 Å². The highest BCUT2D eigenvalue weighted by atomic mass is 32.2. The summed E-state index contributed by atoms with van der Waals surface area (Å²) in [7, 11) is 0. The topological polar surface area (TPSA) is 58.7 Å². The van der Waals surface area contributed by atoms with E-state index in [1.165, 1.54) is 23.1 Å². The van der Waals surface area contributed by atoms with Gasteiger partial charge in [-0.2, -0.15) is 5.26 Å². The van der Waals surface area contributed by atoms with E-state index in [4.69, 9.17) is 5.26 Å². The van der Waals surface area contributed by atoms with Crippen molar-refractivity contribution in [3.05, 3.63) is 57.7 Å². The van der Waals surface area contributed by atoms with E-state index in [9.17, 15) is 4.79 Å². The smallest absolute Gasteiger partial charge is 0.272 e. The molecule has 22 heavy (non-hydrogen) atoms. The van der Waals surface area contributed by atoms with Gasteiger partial charge in [0.15, 0.2) is 5.16 Å². The Hall–Kier alpha value is -2.10. The summed E-state index contributed by atoms with van der Waals surface area (Å²) >= 11 is 2.72. The molecule has 1 atom stereocenters. The number of thiophene rings is 1. The minimum Gasteiger partial charge on any atom is -0.282 e. The number of hydrogen-bond donors (Lipinski definition) is 0. The first-order valence-corrected chi connectivity index (χ1v) is 8.53. The second-order valence-corrected chi connectivity index (χ2v) is 7.02. The second-order valence-electron chi connectivity index (χ2n) is 4.80. The normalized spacial score (nSPS) is 12.2. The molecule has 0 aliphatic rings. The van der Waals surface area contributed by atoms with Crippen LogP contribution in [-0.4, -0.2) is 14.8 Å². The molecule has 3 aromatic rings. The Morgan fingerprint density at radius 2 is 2.14 bits per heavy atom. The van der Waals surface area contributed by atoms with Crippen LogP contribution in [0.25, 0.3) is 10.2 Å². The van der Waals surface area contributed by atoms with E-state index in [2.05, 4.69) is 11.1 Å². The fourth-order valence-electron chi connectivity index (χ4n) is 2.10. The SMILES string of the molecule is C[C@@H](C#N)Sc1nc2ccsc2c(=O)n1Cc1ccccc1. The molecule has 4 nitrogen and oxygen atoms in total. The average Bonchev–Trinajstić information content (AvgIpc) is 3.00. The van der Waals surface area contributed by atoms with Crippen LogP contribution < -0.4 is 5.56 Å². The average molecular weight is 327 g/mol. The Balaban J connectivity index is 2.12. The first kappa shape index (κ1) is 14.8. The first-order chi connectivity index (χ1) is 10.7. The predicted octanol–water partition coefficient (Wildman–Crippen LogP) is 3.51. The van der Waals surface area contributed by atoms with Gasteiger partial charge >= 0.3 is 0 Å². The van der Waals surface area contributed by atoms with Crippen molar-refractivity contribution in [2.24, 2.45) is 0 Å². The first-order valence-electron chi connectivity index (χ1n) is 6.77. The zero-order valence-corrected chi connectivity index (χ0v) is 13.5. The van der Waals surface area contributed by atoms with Gasteiger partial charge in [0, 0.05) is 0 Å². The number of hydrogen-bond acceptors (Lipinski definition) is 5. The van der Waals surface area contributed by atoms with Crippen molar-refractivity contribution in [1.82, 2.24) is 9.55 Å². The van der Waals surface area contributed by atoms with Gasteiger partial charge in [0.05, 0.1) is 23.4 Å². The van der Waals surface area contributed by atoms with E-state index in [1.807, 2.05) is 48.7 Å². The molecule has 0 spiro atoms. The summed E-state index contributed by atoms with van der Waals surface area (Å²) in [5.41, 5.74) is 1.69. The van der Waals surface area contributed by atoms with E-state index in [0.717, 1.165) is 5.56 Å². The maximum Gasteiger partial charge on any atom is 0.272 e. The van der Waals surface area contributed by atoms with Crippen molar-refractivity contribution in [3.8, 4) is 6.07 Å². The number of aromatic nitrogens is 2. The molecule has 0 fully saturated rings. The van der Waals surface area contributed by atoms with Gasteiger partial charge in [-0.15, -0.1) is 11.3 Å². The molecular formula is C16H13N3OS2. The van der Waals surface area contributed by atoms with Crippen molar-refractivity contribution in [2.75, 3.05) is 0 Å². The summed E-state index contributed by atoms with van der Waals surface area (Å²) < 4.78 is 2.32. The third-order valence-electron chi connectivity index (χ3n) is 3.18. The Bertz CT molecular complexity index is 893. The summed E-state index contributed by atoms with van der Waals surface area (Å²) in [5.74, 6) is 0. The molecule has 0 aliphatic carbocycles. The lowest BCUT2D eigenvalue weighted by Gasteiger charge is -2.12. The van der Waals surface area contributed by atoms with Gasteiger partial charge in [-0.25, -0.2) is 4.98 Å². The van der Waals surface area contributed by atoms with Crippen LogP contribution in [0.4, 0.5) is 0 Å². The minimum absolute atomic E-state index is 0.0449. The molecule has 0 N–H and O–H groups in total. The van der Waals surface area contributed by atoms with Gasteiger partial charge in [-0.05, 0) is 23.9 Å². The van der Waals surface area contributed by atoms with Crippen LogP contribution >= 0.6 is 23.1 Å². The van der Waals surface area contributed by atoms with Gasteiger partial charge in [0.1, 0.15) is 4.70 Å². The van der Waals surface area contributed by atoms with E-state index in [-0.39, 0.29) is 10.8 Å². The zero-order valence-electron chi connectivity index (χ0n) is 11.9. The van der Waals surface area contributed by atoms with E-state index < -0.39 is 0 Å². The minimum atomic E-state index is -0.259. The maximum atomic E-state index is 12.7. The summed E-state index contributed by atoms with van der Waals surface area (Å²) in [5, 5.41) is 11.2.